The van der Waals surface area contributed by atoms with Crippen LogP contribution < -0.4 is 15.7 Å². The van der Waals surface area contributed by atoms with Gasteiger partial charge in [-0.05, 0) is 41.0 Å². The predicted molar refractivity (Wildman–Crippen MR) is 155 cm³/mol. The molecular weight excluding hydrogens is 488 g/mol. The summed E-state index contributed by atoms with van der Waals surface area (Å²) >= 11 is 0. The van der Waals surface area contributed by atoms with Gasteiger partial charge in [0.1, 0.15) is 5.75 Å². The molecule has 0 atom stereocenters. The molecule has 2 N–H and O–H groups in total. The summed E-state index contributed by atoms with van der Waals surface area (Å²) in [5, 5.41) is 11.4. The summed E-state index contributed by atoms with van der Waals surface area (Å²) in [5.74, 6) is 0.863. The second-order valence-electron chi connectivity index (χ2n) is 10.1. The Labute approximate surface area is 227 Å². The molecule has 6 rings (SSSR count). The molecule has 0 spiro atoms. The van der Waals surface area contributed by atoms with Gasteiger partial charge in [0.05, 0.1) is 12.6 Å². The van der Waals surface area contributed by atoms with Crippen LogP contribution in [0.5, 0.6) is 5.75 Å². The summed E-state index contributed by atoms with van der Waals surface area (Å²) in [6.45, 7) is 8.08. The largest absolute Gasteiger partial charge is 0.496 e. The van der Waals surface area contributed by atoms with Crippen molar-refractivity contribution in [2.75, 3.05) is 46.4 Å². The number of ether oxygens (including phenoxy) is 1. The quantitative estimate of drug-likeness (QED) is 0.287. The monoisotopic (exact) mass is 522 g/mol. The predicted octanol–water partition coefficient (Wildman–Crippen LogP) is 3.76. The first kappa shape index (κ1) is 25.3. The number of aromatic amines is 1. The van der Waals surface area contributed by atoms with Gasteiger partial charge in [-0.15, -0.1) is 0 Å². The second kappa shape index (κ2) is 11.4. The Kier molecular flexibility index (Phi) is 7.40. The molecule has 200 valence electrons. The Morgan fingerprint density at radius 1 is 0.923 bits per heavy atom. The first-order chi connectivity index (χ1) is 19.2. The van der Waals surface area contributed by atoms with E-state index < -0.39 is 0 Å². The number of nitrogens with zero attached hydrogens (tertiary/aromatic N) is 4. The summed E-state index contributed by atoms with van der Waals surface area (Å²) in [6.07, 6.45) is 0. The third-order valence-electron chi connectivity index (χ3n) is 7.63. The number of piperazine rings is 1. The lowest BCUT2D eigenvalue weighted by atomic mass is 9.98. The van der Waals surface area contributed by atoms with E-state index in [1.807, 2.05) is 36.4 Å². The maximum atomic E-state index is 12.3. The van der Waals surface area contributed by atoms with Crippen molar-refractivity contribution in [3.8, 4) is 16.9 Å². The van der Waals surface area contributed by atoms with Crippen LogP contribution in [0.3, 0.4) is 0 Å². The smallest absolute Gasteiger partial charge is 0.348 e. The van der Waals surface area contributed by atoms with E-state index in [0.29, 0.717) is 12.2 Å². The summed E-state index contributed by atoms with van der Waals surface area (Å²) in [6, 6.07) is 26.9. The third-order valence-corrected chi connectivity index (χ3v) is 7.63. The molecule has 39 heavy (non-hydrogen) atoms. The van der Waals surface area contributed by atoms with Crippen molar-refractivity contribution in [3.63, 3.8) is 0 Å². The van der Waals surface area contributed by atoms with Crippen LogP contribution >= 0.6 is 0 Å². The van der Waals surface area contributed by atoms with Crippen LogP contribution in [0.15, 0.2) is 83.7 Å². The maximum absolute atomic E-state index is 12.3. The molecule has 5 aromatic rings. The number of rotatable bonds is 9. The molecule has 8 nitrogen and oxygen atoms in total. The fourth-order valence-electron chi connectivity index (χ4n) is 5.54. The molecule has 0 aliphatic carbocycles. The van der Waals surface area contributed by atoms with Crippen LogP contribution in [0.4, 0.5) is 0 Å². The molecule has 0 bridgehead atoms. The Morgan fingerprint density at radius 2 is 1.69 bits per heavy atom. The van der Waals surface area contributed by atoms with E-state index in [1.165, 1.54) is 5.56 Å². The lowest BCUT2D eigenvalue weighted by Crippen LogP contribution is -2.47. The number of hydrogen-bond donors (Lipinski definition) is 2. The van der Waals surface area contributed by atoms with Gasteiger partial charge in [0.2, 0.25) is 0 Å². The van der Waals surface area contributed by atoms with Crippen molar-refractivity contribution in [2.24, 2.45) is 0 Å². The summed E-state index contributed by atoms with van der Waals surface area (Å²) in [4.78, 5) is 17.4. The van der Waals surface area contributed by atoms with Crippen molar-refractivity contribution in [3.05, 3.63) is 100 Å². The molecule has 2 aromatic heterocycles. The topological polar surface area (TPSA) is 77.9 Å². The van der Waals surface area contributed by atoms with E-state index in [2.05, 4.69) is 67.8 Å². The third kappa shape index (κ3) is 5.45. The number of nitrogens with one attached hydrogen (secondary N) is 2. The molecule has 1 aliphatic rings. The van der Waals surface area contributed by atoms with Gasteiger partial charge in [-0.1, -0.05) is 54.6 Å². The maximum Gasteiger partial charge on any atom is 0.348 e. The Hall–Kier alpha value is -3.98. The molecule has 1 aliphatic heterocycles. The summed E-state index contributed by atoms with van der Waals surface area (Å²) in [5.41, 5.74) is 5.80. The highest BCUT2D eigenvalue weighted by atomic mass is 16.5. The van der Waals surface area contributed by atoms with Crippen LogP contribution in [0.2, 0.25) is 0 Å². The average molecular weight is 523 g/mol. The van der Waals surface area contributed by atoms with Gasteiger partial charge in [-0.2, -0.15) is 5.10 Å². The van der Waals surface area contributed by atoms with Crippen LogP contribution in [-0.2, 0) is 13.1 Å². The zero-order valence-corrected chi connectivity index (χ0v) is 22.3. The van der Waals surface area contributed by atoms with E-state index in [4.69, 9.17) is 4.74 Å². The van der Waals surface area contributed by atoms with Crippen molar-refractivity contribution in [2.45, 2.75) is 13.1 Å². The highest BCUT2D eigenvalue weighted by molar-refractivity contribution is 5.97. The second-order valence-corrected chi connectivity index (χ2v) is 10.1. The minimum Gasteiger partial charge on any atom is -0.496 e. The number of para-hydroxylation sites is 1. The first-order valence-electron chi connectivity index (χ1n) is 13.5. The molecule has 8 heteroatoms. The van der Waals surface area contributed by atoms with E-state index in [1.54, 1.807) is 11.5 Å². The van der Waals surface area contributed by atoms with Gasteiger partial charge in [-0.25, -0.2) is 14.3 Å². The van der Waals surface area contributed by atoms with E-state index in [-0.39, 0.29) is 5.69 Å². The number of pyridine rings is 1. The molecule has 0 unspecified atom stereocenters. The fourth-order valence-corrected chi connectivity index (χ4v) is 5.54. The molecular formula is C31H34N6O2. The molecule has 3 heterocycles. The number of hydrogen-bond acceptors (Lipinski definition) is 6. The molecule has 0 saturated carbocycles. The minimum atomic E-state index is -0.232. The summed E-state index contributed by atoms with van der Waals surface area (Å²) < 4.78 is 7.30. The highest BCUT2D eigenvalue weighted by Crippen LogP contribution is 2.32. The molecule has 0 radical (unpaired) electrons. The molecule has 3 aromatic carbocycles. The Morgan fingerprint density at radius 3 is 2.51 bits per heavy atom. The average Bonchev–Trinajstić information content (AvgIpc) is 3.36. The standard InChI is InChI=1S/C31H34N6O2/c1-39-29-12-11-24(27-20-30-33-34-31(38)37(30)28-10-6-5-9-26(27)28)19-25(29)21-32-13-14-35-15-17-36(18-16-35)22-23-7-3-2-4-8-23/h2-12,19-20,32H,13-18,21-22H2,1H3,(H,34,38). The van der Waals surface area contributed by atoms with Crippen LogP contribution in [0, 0.1) is 0 Å². The Balaban J connectivity index is 1.10. The highest BCUT2D eigenvalue weighted by Gasteiger charge is 2.17. The van der Waals surface area contributed by atoms with E-state index >= 15 is 0 Å². The minimum absolute atomic E-state index is 0.232. The van der Waals surface area contributed by atoms with Crippen LogP contribution in [0.1, 0.15) is 11.1 Å². The molecule has 1 fully saturated rings. The van der Waals surface area contributed by atoms with Gasteiger partial charge in [0, 0.05) is 63.3 Å². The number of H-pyrrole nitrogens is 1. The van der Waals surface area contributed by atoms with Crippen LogP contribution in [-0.4, -0.2) is 70.8 Å². The van der Waals surface area contributed by atoms with E-state index in [9.17, 15) is 4.79 Å². The molecule has 1 saturated heterocycles. The first-order valence-corrected chi connectivity index (χ1v) is 13.5. The molecule has 0 amide bonds. The van der Waals surface area contributed by atoms with E-state index in [0.717, 1.165) is 79.2 Å². The Bertz CT molecular complexity index is 1620. The normalized spacial score (nSPS) is 14.8. The zero-order valence-electron chi connectivity index (χ0n) is 22.3. The summed E-state index contributed by atoms with van der Waals surface area (Å²) in [7, 11) is 1.71. The number of aromatic nitrogens is 3. The van der Waals surface area contributed by atoms with Crippen LogP contribution in [0.25, 0.3) is 27.7 Å². The fraction of sp³-hybridized carbons (Fsp3) is 0.290. The van der Waals surface area contributed by atoms with Gasteiger partial charge in [-0.3, -0.25) is 9.80 Å². The van der Waals surface area contributed by atoms with Gasteiger partial charge in [0.25, 0.3) is 0 Å². The van der Waals surface area contributed by atoms with Crippen molar-refractivity contribution >= 4 is 16.6 Å². The van der Waals surface area contributed by atoms with Crippen molar-refractivity contribution < 1.29 is 4.74 Å². The van der Waals surface area contributed by atoms with Gasteiger partial charge >= 0.3 is 5.69 Å². The zero-order chi connectivity index (χ0) is 26.6. The lowest BCUT2D eigenvalue weighted by Gasteiger charge is -2.34. The van der Waals surface area contributed by atoms with Crippen molar-refractivity contribution in [1.29, 1.82) is 0 Å². The number of benzene rings is 3. The lowest BCUT2D eigenvalue weighted by molar-refractivity contribution is 0.127. The SMILES string of the molecule is COc1ccc(-c2cc3n[nH]c(=O)n3c3ccccc23)cc1CNCCN1CCN(Cc2ccccc2)CC1. The number of fused-ring (bicyclic) bond motifs is 3. The van der Waals surface area contributed by atoms with Gasteiger partial charge < -0.3 is 10.1 Å². The number of methoxy groups -OCH3 is 1. The van der Waals surface area contributed by atoms with Gasteiger partial charge in [0.15, 0.2) is 5.65 Å². The van der Waals surface area contributed by atoms with Crippen molar-refractivity contribution in [1.82, 2.24) is 29.7 Å².